The molecule has 96 valence electrons. The fourth-order valence-electron chi connectivity index (χ4n) is 2.19. The third-order valence-electron chi connectivity index (χ3n) is 3.01. The van der Waals surface area contributed by atoms with Crippen molar-refractivity contribution in [3.05, 3.63) is 52.3 Å². The van der Waals surface area contributed by atoms with Gasteiger partial charge in [0.2, 0.25) is 0 Å². The quantitative estimate of drug-likeness (QED) is 0.790. The number of hydrogen-bond donors (Lipinski definition) is 1. The number of nitrogen functional groups attached to an aromatic ring is 1. The summed E-state index contributed by atoms with van der Waals surface area (Å²) in [5.74, 6) is 0.509. The van der Waals surface area contributed by atoms with E-state index in [1.54, 1.807) is 0 Å². The van der Waals surface area contributed by atoms with E-state index < -0.39 is 0 Å². The minimum absolute atomic E-state index is 0.509. The van der Waals surface area contributed by atoms with Crippen LogP contribution in [-0.2, 0) is 6.54 Å². The predicted molar refractivity (Wildman–Crippen MR) is 79.9 cm³/mol. The second-order valence-electron chi connectivity index (χ2n) is 4.50. The molecule has 3 aromatic rings. The maximum atomic E-state index is 5.75. The van der Waals surface area contributed by atoms with Crippen molar-refractivity contribution in [3.63, 3.8) is 0 Å². The molecule has 0 spiro atoms. The van der Waals surface area contributed by atoms with Gasteiger partial charge in [0, 0.05) is 17.3 Å². The molecule has 19 heavy (non-hydrogen) atoms. The number of fused-ring (bicyclic) bond motifs is 1. The molecule has 0 atom stereocenters. The van der Waals surface area contributed by atoms with Gasteiger partial charge < -0.3 is 5.73 Å². The summed E-state index contributed by atoms with van der Waals surface area (Å²) in [6, 6.07) is 10.2. The lowest BCUT2D eigenvalue weighted by Gasteiger charge is -2.08. The molecule has 0 bridgehead atoms. The summed E-state index contributed by atoms with van der Waals surface area (Å²) in [6.07, 6.45) is 1.89. The van der Waals surface area contributed by atoms with Crippen LogP contribution in [0.1, 0.15) is 11.3 Å². The summed E-state index contributed by atoms with van der Waals surface area (Å²) in [5, 5.41) is 5.42. The first kappa shape index (κ1) is 12.2. The summed E-state index contributed by atoms with van der Waals surface area (Å²) in [6.45, 7) is 2.68. The van der Waals surface area contributed by atoms with Gasteiger partial charge in [-0.3, -0.25) is 9.67 Å². The van der Waals surface area contributed by atoms with Gasteiger partial charge in [-0.05, 0) is 40.5 Å². The number of pyridine rings is 1. The van der Waals surface area contributed by atoms with Crippen molar-refractivity contribution in [2.45, 2.75) is 13.5 Å². The Kier molecular flexibility index (Phi) is 2.98. The van der Waals surface area contributed by atoms with Gasteiger partial charge in [-0.2, -0.15) is 5.10 Å². The van der Waals surface area contributed by atoms with E-state index >= 15 is 0 Å². The van der Waals surface area contributed by atoms with E-state index in [2.05, 4.69) is 38.1 Å². The molecule has 0 unspecified atom stereocenters. The van der Waals surface area contributed by atoms with Crippen LogP contribution in [0.15, 0.2) is 41.0 Å². The number of anilines is 1. The van der Waals surface area contributed by atoms with E-state index in [4.69, 9.17) is 5.73 Å². The van der Waals surface area contributed by atoms with Gasteiger partial charge in [0.25, 0.3) is 0 Å². The van der Waals surface area contributed by atoms with Gasteiger partial charge >= 0.3 is 0 Å². The Morgan fingerprint density at radius 3 is 2.84 bits per heavy atom. The number of rotatable bonds is 2. The van der Waals surface area contributed by atoms with E-state index in [0.717, 1.165) is 21.1 Å². The first-order valence-corrected chi connectivity index (χ1v) is 6.76. The van der Waals surface area contributed by atoms with Gasteiger partial charge in [-0.25, -0.2) is 0 Å². The number of aryl methyl sites for hydroxylation is 1. The molecule has 2 heterocycles. The number of nitrogens with two attached hydrogens (primary N) is 1. The minimum atomic E-state index is 0.509. The van der Waals surface area contributed by atoms with Gasteiger partial charge in [-0.1, -0.05) is 18.2 Å². The highest BCUT2D eigenvalue weighted by Crippen LogP contribution is 2.21. The van der Waals surface area contributed by atoms with Crippen LogP contribution in [0.3, 0.4) is 0 Å². The van der Waals surface area contributed by atoms with E-state index in [1.807, 2.05) is 36.0 Å². The summed E-state index contributed by atoms with van der Waals surface area (Å²) in [7, 11) is 0. The molecule has 0 aliphatic carbocycles. The van der Waals surface area contributed by atoms with Gasteiger partial charge in [-0.15, -0.1) is 0 Å². The molecule has 2 N–H and O–H groups in total. The molecule has 0 aliphatic rings. The fraction of sp³-hybridized carbons (Fsp3) is 0.143. The topological polar surface area (TPSA) is 56.7 Å². The van der Waals surface area contributed by atoms with Gasteiger partial charge in [0.15, 0.2) is 5.82 Å². The third kappa shape index (κ3) is 2.33. The zero-order chi connectivity index (χ0) is 13.4. The molecular weight excluding hydrogens is 304 g/mol. The summed E-state index contributed by atoms with van der Waals surface area (Å²) >= 11 is 3.37. The van der Waals surface area contributed by atoms with Crippen LogP contribution >= 0.6 is 15.9 Å². The molecule has 2 aromatic heterocycles. The lowest BCUT2D eigenvalue weighted by Crippen LogP contribution is -2.03. The molecule has 3 rings (SSSR count). The van der Waals surface area contributed by atoms with Crippen molar-refractivity contribution < 1.29 is 0 Å². The lowest BCUT2D eigenvalue weighted by atomic mass is 10.1. The van der Waals surface area contributed by atoms with E-state index in [-0.39, 0.29) is 0 Å². The molecule has 0 fully saturated rings. The van der Waals surface area contributed by atoms with Crippen LogP contribution in [0.4, 0.5) is 5.82 Å². The molecule has 0 aliphatic heterocycles. The van der Waals surface area contributed by atoms with Crippen molar-refractivity contribution in [2.75, 3.05) is 5.73 Å². The molecule has 1 aromatic carbocycles. The standard InChI is InChI=1S/C14H13BrN4/c1-9-6-10(7-19-8-12(15)14(16)18-19)11-4-2-3-5-13(11)17-9/h2-6,8H,7H2,1H3,(H2,16,18). The fourth-order valence-corrected chi connectivity index (χ4v) is 2.51. The zero-order valence-electron chi connectivity index (χ0n) is 10.5. The molecule has 4 nitrogen and oxygen atoms in total. The highest BCUT2D eigenvalue weighted by molar-refractivity contribution is 9.10. The number of nitrogens with zero attached hydrogens (tertiary/aromatic N) is 3. The van der Waals surface area contributed by atoms with E-state index in [9.17, 15) is 0 Å². The van der Waals surface area contributed by atoms with E-state index in [0.29, 0.717) is 12.4 Å². The summed E-state index contributed by atoms with van der Waals surface area (Å²) < 4.78 is 2.66. The van der Waals surface area contributed by atoms with Crippen LogP contribution in [0.25, 0.3) is 10.9 Å². The van der Waals surface area contributed by atoms with Crippen LogP contribution < -0.4 is 5.73 Å². The average molecular weight is 317 g/mol. The van der Waals surface area contributed by atoms with Crippen LogP contribution in [-0.4, -0.2) is 14.8 Å². The highest BCUT2D eigenvalue weighted by Gasteiger charge is 2.07. The molecular formula is C14H13BrN4. The normalized spacial score (nSPS) is 11.1. The minimum Gasteiger partial charge on any atom is -0.381 e. The SMILES string of the molecule is Cc1cc(Cn2cc(Br)c(N)n2)c2ccccc2n1. The number of para-hydroxylation sites is 1. The third-order valence-corrected chi connectivity index (χ3v) is 3.62. The first-order valence-electron chi connectivity index (χ1n) is 5.97. The van der Waals surface area contributed by atoms with Gasteiger partial charge in [0.1, 0.15) is 0 Å². The Hall–Kier alpha value is -1.88. The number of benzene rings is 1. The number of hydrogen-bond acceptors (Lipinski definition) is 3. The van der Waals surface area contributed by atoms with E-state index in [1.165, 1.54) is 5.56 Å². The Balaban J connectivity index is 2.09. The summed E-state index contributed by atoms with van der Waals surface area (Å²) in [5.41, 5.74) is 8.96. The Morgan fingerprint density at radius 2 is 2.11 bits per heavy atom. The maximum absolute atomic E-state index is 5.75. The van der Waals surface area contributed by atoms with Crippen LogP contribution in [0.5, 0.6) is 0 Å². The van der Waals surface area contributed by atoms with Crippen molar-refractivity contribution in [1.29, 1.82) is 0 Å². The van der Waals surface area contributed by atoms with Crippen molar-refractivity contribution in [1.82, 2.24) is 14.8 Å². The molecule has 0 radical (unpaired) electrons. The predicted octanol–water partition coefficient (Wildman–Crippen LogP) is 3.13. The molecule has 5 heteroatoms. The van der Waals surface area contributed by atoms with Crippen molar-refractivity contribution in [2.24, 2.45) is 0 Å². The smallest absolute Gasteiger partial charge is 0.159 e. The second-order valence-corrected chi connectivity index (χ2v) is 5.35. The van der Waals surface area contributed by atoms with Crippen LogP contribution in [0, 0.1) is 6.92 Å². The number of halogens is 1. The summed E-state index contributed by atoms with van der Waals surface area (Å²) in [4.78, 5) is 4.54. The molecule has 0 saturated carbocycles. The Bertz CT molecular complexity index is 729. The average Bonchev–Trinajstić information content (AvgIpc) is 2.68. The maximum Gasteiger partial charge on any atom is 0.159 e. The first-order chi connectivity index (χ1) is 9.13. The van der Waals surface area contributed by atoms with Crippen molar-refractivity contribution >= 4 is 32.7 Å². The van der Waals surface area contributed by atoms with Crippen LogP contribution in [0.2, 0.25) is 0 Å². The van der Waals surface area contributed by atoms with Crippen molar-refractivity contribution in [3.8, 4) is 0 Å². The largest absolute Gasteiger partial charge is 0.381 e. The lowest BCUT2D eigenvalue weighted by molar-refractivity contribution is 0.692. The zero-order valence-corrected chi connectivity index (χ0v) is 12.1. The Morgan fingerprint density at radius 1 is 1.32 bits per heavy atom. The molecule has 0 amide bonds. The second kappa shape index (κ2) is 4.66. The number of aromatic nitrogens is 3. The molecule has 0 saturated heterocycles. The van der Waals surface area contributed by atoms with Gasteiger partial charge in [0.05, 0.1) is 16.5 Å². The monoisotopic (exact) mass is 316 g/mol. The highest BCUT2D eigenvalue weighted by atomic mass is 79.9. The Labute approximate surface area is 119 Å².